The summed E-state index contributed by atoms with van der Waals surface area (Å²) in [6, 6.07) is 3.72. The van der Waals surface area contributed by atoms with Crippen LogP contribution >= 0.6 is 0 Å². The highest BCUT2D eigenvalue weighted by Crippen LogP contribution is 2.20. The van der Waals surface area contributed by atoms with Crippen molar-refractivity contribution in [2.45, 2.75) is 6.92 Å². The summed E-state index contributed by atoms with van der Waals surface area (Å²) in [6.07, 6.45) is 0.529. The predicted molar refractivity (Wildman–Crippen MR) is 50.9 cm³/mol. The van der Waals surface area contributed by atoms with Crippen LogP contribution in [0.3, 0.4) is 0 Å². The highest BCUT2D eigenvalue weighted by Gasteiger charge is 2.11. The number of carbonyl (C=O) groups is 2. The maximum absolute atomic E-state index is 12.9. The third-order valence-corrected chi connectivity index (χ3v) is 1.88. The molecule has 0 atom stereocenters. The Morgan fingerprint density at radius 1 is 1.50 bits per heavy atom. The summed E-state index contributed by atoms with van der Waals surface area (Å²) in [5, 5.41) is 0. The van der Waals surface area contributed by atoms with Crippen LogP contribution in [0.25, 0.3) is 0 Å². The lowest BCUT2D eigenvalue weighted by atomic mass is 10.1. The van der Waals surface area contributed by atoms with Gasteiger partial charge < -0.3 is 4.90 Å². The molecule has 1 aromatic carbocycles. The van der Waals surface area contributed by atoms with Gasteiger partial charge in [0.1, 0.15) is 5.82 Å². The Kier molecular flexibility index (Phi) is 2.96. The van der Waals surface area contributed by atoms with Gasteiger partial charge in [-0.15, -0.1) is 0 Å². The maximum Gasteiger partial charge on any atom is 0.213 e. The molecule has 0 radical (unpaired) electrons. The Morgan fingerprint density at radius 3 is 2.64 bits per heavy atom. The van der Waals surface area contributed by atoms with Gasteiger partial charge >= 0.3 is 0 Å². The van der Waals surface area contributed by atoms with Gasteiger partial charge in [-0.1, -0.05) is 0 Å². The highest BCUT2D eigenvalue weighted by molar-refractivity contribution is 6.01. The van der Waals surface area contributed by atoms with Crippen molar-refractivity contribution in [3.8, 4) is 0 Å². The molecule has 1 aromatic rings. The lowest BCUT2D eigenvalue weighted by Crippen LogP contribution is -2.17. The summed E-state index contributed by atoms with van der Waals surface area (Å²) >= 11 is 0. The molecule has 0 fully saturated rings. The van der Waals surface area contributed by atoms with E-state index in [1.165, 1.54) is 31.0 Å². The highest BCUT2D eigenvalue weighted by atomic mass is 19.1. The molecule has 14 heavy (non-hydrogen) atoms. The summed E-state index contributed by atoms with van der Waals surface area (Å²) < 4.78 is 12.9. The topological polar surface area (TPSA) is 37.4 Å². The molecule has 1 rings (SSSR count). The predicted octanol–water partition coefficient (Wildman–Crippen LogP) is 1.62. The van der Waals surface area contributed by atoms with E-state index in [1.807, 2.05) is 0 Å². The van der Waals surface area contributed by atoms with E-state index >= 15 is 0 Å². The van der Waals surface area contributed by atoms with Gasteiger partial charge in [-0.3, -0.25) is 9.59 Å². The minimum Gasteiger partial charge on any atom is -0.317 e. The van der Waals surface area contributed by atoms with Crippen molar-refractivity contribution >= 4 is 17.9 Å². The second kappa shape index (κ2) is 4.00. The molecule has 74 valence electrons. The van der Waals surface area contributed by atoms with Gasteiger partial charge in [-0.05, 0) is 25.1 Å². The molecule has 4 heteroatoms. The van der Waals surface area contributed by atoms with Crippen molar-refractivity contribution in [2.24, 2.45) is 0 Å². The number of hydrogen-bond donors (Lipinski definition) is 0. The minimum absolute atomic E-state index is 0.200. The fourth-order valence-corrected chi connectivity index (χ4v) is 1.15. The Balaban J connectivity index is 3.29. The van der Waals surface area contributed by atoms with Gasteiger partial charge in [0.05, 0.1) is 5.69 Å². The number of carbonyl (C=O) groups excluding carboxylic acids is 2. The molecule has 0 saturated carbocycles. The van der Waals surface area contributed by atoms with Gasteiger partial charge in [-0.25, -0.2) is 4.39 Å². The minimum atomic E-state index is -0.473. The number of ketones is 1. The number of hydrogen-bond acceptors (Lipinski definition) is 2. The van der Waals surface area contributed by atoms with Gasteiger partial charge in [0.25, 0.3) is 0 Å². The zero-order chi connectivity index (χ0) is 10.7. The normalized spacial score (nSPS) is 9.64. The fraction of sp³-hybridized carbons (Fsp3) is 0.200. The van der Waals surface area contributed by atoms with Gasteiger partial charge in [0, 0.05) is 12.6 Å². The molecule has 3 nitrogen and oxygen atoms in total. The van der Waals surface area contributed by atoms with E-state index in [1.54, 1.807) is 0 Å². The number of rotatable bonds is 3. The molecule has 0 bridgehead atoms. The molecule has 1 amide bonds. The standard InChI is InChI=1S/C10H10FNO2/c1-7(14)9-4-3-8(11)5-10(9)12(2)6-13/h3-6H,1-2H3. The van der Waals surface area contributed by atoms with Gasteiger partial charge in [-0.2, -0.15) is 0 Å². The summed E-state index contributed by atoms with van der Waals surface area (Å²) in [6.45, 7) is 1.37. The molecule has 0 aliphatic heterocycles. The van der Waals surface area contributed by atoms with E-state index in [4.69, 9.17) is 0 Å². The van der Waals surface area contributed by atoms with Crippen LogP contribution in [0.1, 0.15) is 17.3 Å². The number of benzene rings is 1. The zero-order valence-corrected chi connectivity index (χ0v) is 7.95. The summed E-state index contributed by atoms with van der Waals surface area (Å²) in [5.74, 6) is -0.674. The number of amides is 1. The summed E-state index contributed by atoms with van der Waals surface area (Å²) in [5.41, 5.74) is 0.619. The average molecular weight is 195 g/mol. The van der Waals surface area contributed by atoms with Crippen molar-refractivity contribution in [2.75, 3.05) is 11.9 Å². The second-order valence-electron chi connectivity index (χ2n) is 2.93. The molecule has 0 aliphatic carbocycles. The van der Waals surface area contributed by atoms with Crippen molar-refractivity contribution in [1.82, 2.24) is 0 Å². The third-order valence-electron chi connectivity index (χ3n) is 1.88. The van der Waals surface area contributed by atoms with Crippen molar-refractivity contribution in [1.29, 1.82) is 0 Å². The van der Waals surface area contributed by atoms with Gasteiger partial charge in [0.2, 0.25) is 6.41 Å². The van der Waals surface area contributed by atoms with E-state index in [-0.39, 0.29) is 11.5 Å². The summed E-state index contributed by atoms with van der Waals surface area (Å²) in [4.78, 5) is 22.8. The van der Waals surface area contributed by atoms with Crippen molar-refractivity contribution in [3.05, 3.63) is 29.6 Å². The molecule has 0 spiro atoms. The SMILES string of the molecule is CC(=O)c1ccc(F)cc1N(C)C=O. The van der Waals surface area contributed by atoms with Crippen LogP contribution in [-0.2, 0) is 4.79 Å². The fourth-order valence-electron chi connectivity index (χ4n) is 1.15. The van der Waals surface area contributed by atoms with Crippen molar-refractivity contribution < 1.29 is 14.0 Å². The lowest BCUT2D eigenvalue weighted by Gasteiger charge is -2.14. The first-order valence-corrected chi connectivity index (χ1v) is 4.05. The van der Waals surface area contributed by atoms with E-state index in [0.717, 1.165) is 6.07 Å². The number of halogens is 1. The van der Waals surface area contributed by atoms with Crippen LogP contribution in [0.4, 0.5) is 10.1 Å². The molecule has 0 N–H and O–H groups in total. The van der Waals surface area contributed by atoms with E-state index < -0.39 is 5.82 Å². The van der Waals surface area contributed by atoms with E-state index in [9.17, 15) is 14.0 Å². The molecular weight excluding hydrogens is 185 g/mol. The van der Waals surface area contributed by atoms with Crippen LogP contribution in [0, 0.1) is 5.82 Å². The second-order valence-corrected chi connectivity index (χ2v) is 2.93. The molecule has 0 unspecified atom stereocenters. The number of anilines is 1. The summed E-state index contributed by atoms with van der Waals surface area (Å²) in [7, 11) is 1.47. The average Bonchev–Trinajstić information content (AvgIpc) is 2.16. The Labute approximate surface area is 81.1 Å². The van der Waals surface area contributed by atoms with Crippen LogP contribution in [-0.4, -0.2) is 19.2 Å². The monoisotopic (exact) mass is 195 g/mol. The molecule has 0 heterocycles. The smallest absolute Gasteiger partial charge is 0.213 e. The van der Waals surface area contributed by atoms with E-state index in [0.29, 0.717) is 12.0 Å². The van der Waals surface area contributed by atoms with E-state index in [2.05, 4.69) is 0 Å². The Bertz CT molecular complexity index is 376. The third kappa shape index (κ3) is 1.96. The molecule has 0 aliphatic rings. The molecule has 0 saturated heterocycles. The van der Waals surface area contributed by atoms with Crippen LogP contribution in [0.15, 0.2) is 18.2 Å². The Morgan fingerprint density at radius 2 is 2.14 bits per heavy atom. The quantitative estimate of drug-likeness (QED) is 0.543. The maximum atomic E-state index is 12.9. The number of nitrogens with zero attached hydrogens (tertiary/aromatic N) is 1. The Hall–Kier alpha value is -1.71. The van der Waals surface area contributed by atoms with Gasteiger partial charge in [0.15, 0.2) is 5.78 Å². The first-order valence-electron chi connectivity index (χ1n) is 4.05. The van der Waals surface area contributed by atoms with Crippen LogP contribution < -0.4 is 4.90 Å². The first-order chi connectivity index (χ1) is 6.56. The zero-order valence-electron chi connectivity index (χ0n) is 7.95. The largest absolute Gasteiger partial charge is 0.317 e. The molecule has 0 aromatic heterocycles. The lowest BCUT2D eigenvalue weighted by molar-refractivity contribution is -0.107. The van der Waals surface area contributed by atoms with Crippen LogP contribution in [0.5, 0.6) is 0 Å². The van der Waals surface area contributed by atoms with Crippen LogP contribution in [0.2, 0.25) is 0 Å². The molecular formula is C10H10FNO2. The van der Waals surface area contributed by atoms with Crippen molar-refractivity contribution in [3.63, 3.8) is 0 Å². The first kappa shape index (κ1) is 10.4. The number of Topliss-reactive ketones (excluding diaryl/α,β-unsaturated/α-hetero) is 1.